The monoisotopic (exact) mass is 468 g/mol. The maximum Gasteiger partial charge on any atom is 0.573 e. The summed E-state index contributed by atoms with van der Waals surface area (Å²) in [5.74, 6) is -0.316. The van der Waals surface area contributed by atoms with Crippen molar-refractivity contribution in [3.63, 3.8) is 0 Å². The summed E-state index contributed by atoms with van der Waals surface area (Å²) in [5, 5.41) is 9.55. The minimum Gasteiger partial charge on any atom is -0.406 e. The van der Waals surface area contributed by atoms with Crippen LogP contribution in [-0.2, 0) is 13.6 Å². The van der Waals surface area contributed by atoms with Crippen LogP contribution in [0.25, 0.3) is 11.3 Å². The predicted octanol–water partition coefficient (Wildman–Crippen LogP) is 5.07. The van der Waals surface area contributed by atoms with Crippen LogP contribution >= 0.6 is 15.9 Å². The number of alkyl halides is 3. The highest BCUT2D eigenvalue weighted by molar-refractivity contribution is 9.10. The van der Waals surface area contributed by atoms with Crippen molar-refractivity contribution in [3.05, 3.63) is 64.8 Å². The van der Waals surface area contributed by atoms with E-state index in [0.29, 0.717) is 11.3 Å². The molecule has 0 radical (unpaired) electrons. The molecular formula is C19H16BrF3N4O2. The first-order valence-corrected chi connectivity index (χ1v) is 9.18. The third kappa shape index (κ3) is 5.74. The van der Waals surface area contributed by atoms with E-state index in [-0.39, 0.29) is 12.3 Å². The Hall–Kier alpha value is -3.01. The van der Waals surface area contributed by atoms with Gasteiger partial charge in [0.25, 0.3) is 0 Å². The van der Waals surface area contributed by atoms with Crippen LogP contribution in [0.15, 0.2) is 59.2 Å². The maximum absolute atomic E-state index is 12.2. The first-order valence-electron chi connectivity index (χ1n) is 8.39. The number of hydrogen-bond donors (Lipinski definition) is 2. The van der Waals surface area contributed by atoms with E-state index in [9.17, 15) is 18.0 Å². The highest BCUT2D eigenvalue weighted by Crippen LogP contribution is 2.29. The maximum atomic E-state index is 12.2. The average molecular weight is 469 g/mol. The van der Waals surface area contributed by atoms with Gasteiger partial charge in [-0.15, -0.1) is 13.2 Å². The van der Waals surface area contributed by atoms with E-state index in [1.807, 2.05) is 25.2 Å². The number of carbonyl (C=O) groups is 1. The third-order valence-corrected chi connectivity index (χ3v) is 4.48. The van der Waals surface area contributed by atoms with Crippen LogP contribution in [0.5, 0.6) is 5.75 Å². The number of aromatic nitrogens is 2. The number of amides is 2. The number of urea groups is 1. The molecule has 3 aromatic rings. The number of benzene rings is 2. The molecule has 3 rings (SSSR count). The van der Waals surface area contributed by atoms with E-state index < -0.39 is 12.4 Å². The highest BCUT2D eigenvalue weighted by atomic mass is 79.9. The van der Waals surface area contributed by atoms with Gasteiger partial charge in [-0.1, -0.05) is 24.3 Å². The lowest BCUT2D eigenvalue weighted by molar-refractivity contribution is -0.274. The lowest BCUT2D eigenvalue weighted by atomic mass is 10.1. The van der Waals surface area contributed by atoms with Crippen LogP contribution in [-0.4, -0.2) is 22.2 Å². The van der Waals surface area contributed by atoms with Gasteiger partial charge >= 0.3 is 12.4 Å². The van der Waals surface area contributed by atoms with Gasteiger partial charge in [0.05, 0.1) is 16.4 Å². The second-order valence-corrected chi connectivity index (χ2v) is 6.90. The minimum absolute atomic E-state index is 0.144. The molecule has 0 aliphatic heterocycles. The van der Waals surface area contributed by atoms with Gasteiger partial charge in [-0.05, 0) is 45.8 Å². The molecule has 2 amide bonds. The Kier molecular flexibility index (Phi) is 6.12. The van der Waals surface area contributed by atoms with Gasteiger partial charge < -0.3 is 15.4 Å². The molecule has 2 N–H and O–H groups in total. The Morgan fingerprint density at radius 1 is 1.21 bits per heavy atom. The number of carbonyl (C=O) groups excluding carboxylic acids is 1. The Morgan fingerprint density at radius 3 is 2.55 bits per heavy atom. The number of hydrogen-bond acceptors (Lipinski definition) is 3. The second-order valence-electron chi connectivity index (χ2n) is 6.04. The molecule has 1 heterocycles. The van der Waals surface area contributed by atoms with Crippen molar-refractivity contribution in [2.75, 3.05) is 5.32 Å². The fourth-order valence-corrected chi connectivity index (χ4v) is 3.22. The zero-order valence-electron chi connectivity index (χ0n) is 15.1. The summed E-state index contributed by atoms with van der Waals surface area (Å²) in [4.78, 5) is 12.1. The van der Waals surface area contributed by atoms with E-state index in [0.717, 1.165) is 15.7 Å². The molecule has 0 bridgehead atoms. The van der Waals surface area contributed by atoms with Crippen molar-refractivity contribution < 1.29 is 22.7 Å². The quantitative estimate of drug-likeness (QED) is 0.549. The first-order chi connectivity index (χ1) is 13.7. The fraction of sp³-hybridized carbons (Fsp3) is 0.158. The third-order valence-electron chi connectivity index (χ3n) is 3.90. The summed E-state index contributed by atoms with van der Waals surface area (Å²) in [6.07, 6.45) is -3.05. The van der Waals surface area contributed by atoms with Gasteiger partial charge in [0.2, 0.25) is 0 Å². The Labute approximate surface area is 172 Å². The van der Waals surface area contributed by atoms with Gasteiger partial charge in [0, 0.05) is 24.8 Å². The molecule has 0 atom stereocenters. The van der Waals surface area contributed by atoms with E-state index in [2.05, 4.69) is 36.4 Å². The molecule has 152 valence electrons. The summed E-state index contributed by atoms with van der Waals surface area (Å²) >= 11 is 3.45. The molecule has 0 saturated carbocycles. The molecule has 0 aliphatic rings. The van der Waals surface area contributed by atoms with Crippen LogP contribution in [0.4, 0.5) is 23.7 Å². The van der Waals surface area contributed by atoms with Crippen molar-refractivity contribution in [3.8, 4) is 17.0 Å². The van der Waals surface area contributed by atoms with E-state index >= 15 is 0 Å². The number of nitrogens with one attached hydrogen (secondary N) is 2. The zero-order chi connectivity index (χ0) is 21.0. The predicted molar refractivity (Wildman–Crippen MR) is 105 cm³/mol. The molecule has 6 nitrogen and oxygen atoms in total. The largest absolute Gasteiger partial charge is 0.573 e. The van der Waals surface area contributed by atoms with E-state index in [4.69, 9.17) is 0 Å². The Bertz CT molecular complexity index is 984. The van der Waals surface area contributed by atoms with Crippen molar-refractivity contribution in [1.29, 1.82) is 0 Å². The number of ether oxygens (including phenoxy) is 1. The number of aryl methyl sites for hydroxylation is 1. The molecule has 10 heteroatoms. The molecule has 0 fully saturated rings. The van der Waals surface area contributed by atoms with Crippen LogP contribution in [0.2, 0.25) is 0 Å². The summed E-state index contributed by atoms with van der Waals surface area (Å²) in [5.41, 5.74) is 2.95. The van der Waals surface area contributed by atoms with Crippen molar-refractivity contribution in [2.24, 2.45) is 7.05 Å². The van der Waals surface area contributed by atoms with E-state index in [1.165, 1.54) is 24.3 Å². The van der Waals surface area contributed by atoms with E-state index in [1.54, 1.807) is 16.9 Å². The number of anilines is 1. The molecule has 2 aromatic carbocycles. The molecule has 0 saturated heterocycles. The first kappa shape index (κ1) is 20.7. The Balaban J connectivity index is 1.58. The Morgan fingerprint density at radius 2 is 1.93 bits per heavy atom. The van der Waals surface area contributed by atoms with Crippen LogP contribution in [0, 0.1) is 0 Å². The van der Waals surface area contributed by atoms with Crippen molar-refractivity contribution >= 4 is 27.6 Å². The lowest BCUT2D eigenvalue weighted by Crippen LogP contribution is -2.28. The molecule has 1 aromatic heterocycles. The van der Waals surface area contributed by atoms with Gasteiger partial charge in [-0.25, -0.2) is 4.79 Å². The van der Waals surface area contributed by atoms with Crippen molar-refractivity contribution in [2.45, 2.75) is 12.9 Å². The second kappa shape index (κ2) is 8.56. The lowest BCUT2D eigenvalue weighted by Gasteiger charge is -2.11. The average Bonchev–Trinajstić information content (AvgIpc) is 2.98. The molecule has 29 heavy (non-hydrogen) atoms. The minimum atomic E-state index is -4.74. The van der Waals surface area contributed by atoms with Gasteiger partial charge in [-0.3, -0.25) is 4.68 Å². The van der Waals surface area contributed by atoms with Crippen LogP contribution < -0.4 is 15.4 Å². The molecule has 0 unspecified atom stereocenters. The molecule has 0 spiro atoms. The van der Waals surface area contributed by atoms with Crippen LogP contribution in [0.3, 0.4) is 0 Å². The summed E-state index contributed by atoms with van der Waals surface area (Å²) in [7, 11) is 1.82. The normalized spacial score (nSPS) is 11.2. The highest BCUT2D eigenvalue weighted by Gasteiger charge is 2.30. The topological polar surface area (TPSA) is 68.2 Å². The van der Waals surface area contributed by atoms with Gasteiger partial charge in [-0.2, -0.15) is 5.10 Å². The summed E-state index contributed by atoms with van der Waals surface area (Å²) in [6.45, 7) is 0.144. The zero-order valence-corrected chi connectivity index (χ0v) is 16.7. The molecule has 0 aliphatic carbocycles. The van der Waals surface area contributed by atoms with Crippen LogP contribution in [0.1, 0.15) is 5.56 Å². The summed E-state index contributed by atoms with van der Waals surface area (Å²) in [6, 6.07) is 12.1. The fourth-order valence-electron chi connectivity index (χ4n) is 2.65. The smallest absolute Gasteiger partial charge is 0.406 e. The number of halogens is 4. The summed E-state index contributed by atoms with van der Waals surface area (Å²) < 4.78 is 42.9. The SMILES string of the molecule is Cn1ncc(Br)c1-c1cccc(NC(=O)NCc2ccc(OC(F)(F)F)cc2)c1. The standard InChI is InChI=1S/C19H16BrF3N4O2/c1-27-17(16(20)11-25-27)13-3-2-4-14(9-13)26-18(28)24-10-12-5-7-15(8-6-12)29-19(21,22)23/h2-9,11H,10H2,1H3,(H2,24,26,28). The number of nitrogens with zero attached hydrogens (tertiary/aromatic N) is 2. The van der Waals surface area contributed by atoms with Gasteiger partial charge in [0.1, 0.15) is 5.75 Å². The number of rotatable bonds is 5. The van der Waals surface area contributed by atoms with Gasteiger partial charge in [0.15, 0.2) is 0 Å². The molecular weight excluding hydrogens is 453 g/mol. The van der Waals surface area contributed by atoms with Crippen molar-refractivity contribution in [1.82, 2.24) is 15.1 Å².